The van der Waals surface area contributed by atoms with Gasteiger partial charge in [0.1, 0.15) is 5.75 Å². The molecule has 0 bridgehead atoms. The SMILES string of the molecule is COc1cccc(CN(C)CC2(CN)CC2)c1. The van der Waals surface area contributed by atoms with E-state index >= 15 is 0 Å². The lowest BCUT2D eigenvalue weighted by atomic mass is 10.1. The van der Waals surface area contributed by atoms with Gasteiger partial charge in [0.25, 0.3) is 0 Å². The molecule has 0 aromatic heterocycles. The smallest absolute Gasteiger partial charge is 0.119 e. The van der Waals surface area contributed by atoms with E-state index in [9.17, 15) is 0 Å². The van der Waals surface area contributed by atoms with Crippen molar-refractivity contribution in [3.05, 3.63) is 29.8 Å². The Morgan fingerprint density at radius 2 is 2.18 bits per heavy atom. The summed E-state index contributed by atoms with van der Waals surface area (Å²) in [6.07, 6.45) is 2.57. The number of nitrogens with two attached hydrogens (primary N) is 1. The van der Waals surface area contributed by atoms with Crippen LogP contribution in [0.2, 0.25) is 0 Å². The van der Waals surface area contributed by atoms with Crippen molar-refractivity contribution in [1.82, 2.24) is 4.90 Å². The summed E-state index contributed by atoms with van der Waals surface area (Å²) in [5.74, 6) is 0.927. The van der Waals surface area contributed by atoms with Gasteiger partial charge < -0.3 is 15.4 Å². The number of ether oxygens (including phenoxy) is 1. The molecule has 3 heteroatoms. The molecule has 0 amide bonds. The lowest BCUT2D eigenvalue weighted by molar-refractivity contribution is 0.259. The fourth-order valence-corrected chi connectivity index (χ4v) is 2.31. The second-order valence-corrected chi connectivity index (χ2v) is 5.23. The van der Waals surface area contributed by atoms with E-state index < -0.39 is 0 Å². The molecule has 17 heavy (non-hydrogen) atoms. The summed E-state index contributed by atoms with van der Waals surface area (Å²) < 4.78 is 5.23. The van der Waals surface area contributed by atoms with Crippen LogP contribution in [0.5, 0.6) is 5.75 Å². The van der Waals surface area contributed by atoms with Crippen molar-refractivity contribution in [1.29, 1.82) is 0 Å². The maximum absolute atomic E-state index is 5.81. The average molecular weight is 234 g/mol. The van der Waals surface area contributed by atoms with Crippen molar-refractivity contribution in [2.45, 2.75) is 19.4 Å². The number of hydrogen-bond donors (Lipinski definition) is 1. The number of benzene rings is 1. The molecule has 94 valence electrons. The van der Waals surface area contributed by atoms with Crippen LogP contribution >= 0.6 is 0 Å². The van der Waals surface area contributed by atoms with E-state index in [1.165, 1.54) is 18.4 Å². The summed E-state index contributed by atoms with van der Waals surface area (Å²) in [5, 5.41) is 0. The monoisotopic (exact) mass is 234 g/mol. The molecular weight excluding hydrogens is 212 g/mol. The molecule has 0 atom stereocenters. The maximum atomic E-state index is 5.81. The van der Waals surface area contributed by atoms with Gasteiger partial charge in [-0.15, -0.1) is 0 Å². The Kier molecular flexibility index (Phi) is 3.69. The van der Waals surface area contributed by atoms with Crippen molar-refractivity contribution in [2.24, 2.45) is 11.1 Å². The van der Waals surface area contributed by atoms with Gasteiger partial charge >= 0.3 is 0 Å². The Morgan fingerprint density at radius 3 is 2.76 bits per heavy atom. The summed E-state index contributed by atoms with van der Waals surface area (Å²) in [6.45, 7) is 2.87. The summed E-state index contributed by atoms with van der Waals surface area (Å²) in [4.78, 5) is 2.36. The average Bonchev–Trinajstić information content (AvgIpc) is 3.09. The normalized spacial score (nSPS) is 17.2. The van der Waals surface area contributed by atoms with E-state index in [0.717, 1.165) is 25.4 Å². The summed E-state index contributed by atoms with van der Waals surface area (Å²) in [5.41, 5.74) is 7.51. The second-order valence-electron chi connectivity index (χ2n) is 5.23. The van der Waals surface area contributed by atoms with E-state index in [-0.39, 0.29) is 0 Å². The van der Waals surface area contributed by atoms with E-state index in [1.807, 2.05) is 12.1 Å². The molecule has 0 spiro atoms. The zero-order valence-corrected chi connectivity index (χ0v) is 10.8. The van der Waals surface area contributed by atoms with Crippen molar-refractivity contribution in [3.63, 3.8) is 0 Å². The molecule has 0 heterocycles. The lowest BCUT2D eigenvalue weighted by Crippen LogP contribution is -2.31. The number of rotatable bonds is 6. The van der Waals surface area contributed by atoms with Crippen LogP contribution < -0.4 is 10.5 Å². The Balaban J connectivity index is 1.91. The first-order valence-electron chi connectivity index (χ1n) is 6.19. The zero-order chi connectivity index (χ0) is 12.3. The quantitative estimate of drug-likeness (QED) is 0.816. The van der Waals surface area contributed by atoms with E-state index in [2.05, 4.69) is 24.1 Å². The van der Waals surface area contributed by atoms with Gasteiger partial charge in [-0.3, -0.25) is 0 Å². The highest BCUT2D eigenvalue weighted by molar-refractivity contribution is 5.28. The molecule has 1 aliphatic rings. The van der Waals surface area contributed by atoms with Crippen LogP contribution in [0.1, 0.15) is 18.4 Å². The summed E-state index contributed by atoms with van der Waals surface area (Å²) in [6, 6.07) is 8.25. The standard InChI is InChI=1S/C14H22N2O/c1-16(11-14(10-15)6-7-14)9-12-4-3-5-13(8-12)17-2/h3-5,8H,6-7,9-11,15H2,1-2H3. The minimum Gasteiger partial charge on any atom is -0.497 e. The lowest BCUT2D eigenvalue weighted by Gasteiger charge is -2.22. The van der Waals surface area contributed by atoms with Crippen LogP contribution in [-0.2, 0) is 6.54 Å². The highest BCUT2D eigenvalue weighted by atomic mass is 16.5. The van der Waals surface area contributed by atoms with Crippen molar-refractivity contribution in [3.8, 4) is 5.75 Å². The van der Waals surface area contributed by atoms with Crippen LogP contribution in [-0.4, -0.2) is 32.1 Å². The van der Waals surface area contributed by atoms with E-state index in [1.54, 1.807) is 7.11 Å². The van der Waals surface area contributed by atoms with Crippen molar-refractivity contribution < 1.29 is 4.74 Å². The molecule has 0 aliphatic heterocycles. The third-order valence-electron chi connectivity index (χ3n) is 3.58. The maximum Gasteiger partial charge on any atom is 0.119 e. The largest absolute Gasteiger partial charge is 0.497 e. The summed E-state index contributed by atoms with van der Waals surface area (Å²) in [7, 11) is 3.87. The fraction of sp³-hybridized carbons (Fsp3) is 0.571. The van der Waals surface area contributed by atoms with Crippen LogP contribution in [0.4, 0.5) is 0 Å². The van der Waals surface area contributed by atoms with Gasteiger partial charge in [-0.2, -0.15) is 0 Å². The van der Waals surface area contributed by atoms with E-state index in [4.69, 9.17) is 10.5 Å². The molecule has 0 radical (unpaired) electrons. The molecule has 1 aliphatic carbocycles. The van der Waals surface area contributed by atoms with Gasteiger partial charge in [0, 0.05) is 13.1 Å². The molecule has 1 aromatic carbocycles. The molecule has 0 unspecified atom stereocenters. The van der Waals surface area contributed by atoms with Gasteiger partial charge in [-0.1, -0.05) is 12.1 Å². The van der Waals surface area contributed by atoms with Gasteiger partial charge in [0.2, 0.25) is 0 Å². The third kappa shape index (κ3) is 3.20. The molecule has 1 saturated carbocycles. The van der Waals surface area contributed by atoms with Gasteiger partial charge in [-0.05, 0) is 49.5 Å². The predicted octanol–water partition coefficient (Wildman–Crippen LogP) is 1.87. The Morgan fingerprint density at radius 1 is 1.41 bits per heavy atom. The summed E-state index contributed by atoms with van der Waals surface area (Å²) >= 11 is 0. The first-order valence-corrected chi connectivity index (χ1v) is 6.19. The third-order valence-corrected chi connectivity index (χ3v) is 3.58. The highest BCUT2D eigenvalue weighted by Crippen LogP contribution is 2.45. The second kappa shape index (κ2) is 5.07. The molecule has 3 nitrogen and oxygen atoms in total. The number of methoxy groups -OCH3 is 1. The molecule has 1 fully saturated rings. The van der Waals surface area contributed by atoms with Gasteiger partial charge in [0.05, 0.1) is 7.11 Å². The molecule has 2 rings (SSSR count). The minimum absolute atomic E-state index is 0.410. The first-order chi connectivity index (χ1) is 8.17. The van der Waals surface area contributed by atoms with Crippen LogP contribution in [0, 0.1) is 5.41 Å². The molecular formula is C14H22N2O. The fourth-order valence-electron chi connectivity index (χ4n) is 2.31. The Bertz CT molecular complexity index is 374. The number of hydrogen-bond acceptors (Lipinski definition) is 3. The van der Waals surface area contributed by atoms with Crippen LogP contribution in [0.15, 0.2) is 24.3 Å². The Labute approximate surface area is 104 Å². The van der Waals surface area contributed by atoms with Crippen LogP contribution in [0.25, 0.3) is 0 Å². The van der Waals surface area contributed by atoms with E-state index in [0.29, 0.717) is 5.41 Å². The molecule has 0 saturated heterocycles. The zero-order valence-electron chi connectivity index (χ0n) is 10.8. The molecule has 2 N–H and O–H groups in total. The van der Waals surface area contributed by atoms with Gasteiger partial charge in [-0.25, -0.2) is 0 Å². The van der Waals surface area contributed by atoms with Crippen molar-refractivity contribution >= 4 is 0 Å². The van der Waals surface area contributed by atoms with Gasteiger partial charge in [0.15, 0.2) is 0 Å². The topological polar surface area (TPSA) is 38.5 Å². The first kappa shape index (κ1) is 12.4. The minimum atomic E-state index is 0.410. The molecule has 1 aromatic rings. The van der Waals surface area contributed by atoms with Crippen LogP contribution in [0.3, 0.4) is 0 Å². The predicted molar refractivity (Wildman–Crippen MR) is 70.0 cm³/mol. The highest BCUT2D eigenvalue weighted by Gasteiger charge is 2.41. The number of nitrogens with zero attached hydrogens (tertiary/aromatic N) is 1. The Hall–Kier alpha value is -1.06. The van der Waals surface area contributed by atoms with Crippen molar-refractivity contribution in [2.75, 3.05) is 27.2 Å².